The van der Waals surface area contributed by atoms with E-state index in [-0.39, 0.29) is 5.91 Å². The lowest BCUT2D eigenvalue weighted by molar-refractivity contribution is 0.102. The van der Waals surface area contributed by atoms with Crippen LogP contribution in [0.25, 0.3) is 15.2 Å². The van der Waals surface area contributed by atoms with Crippen molar-refractivity contribution >= 4 is 38.1 Å². The van der Waals surface area contributed by atoms with Gasteiger partial charge in [0.15, 0.2) is 4.96 Å². The number of nitrogens with zero attached hydrogens (tertiary/aromatic N) is 2. The number of rotatable bonds is 4. The van der Waals surface area contributed by atoms with Crippen molar-refractivity contribution in [2.75, 3.05) is 11.9 Å². The van der Waals surface area contributed by atoms with E-state index >= 15 is 0 Å². The third-order valence-corrected chi connectivity index (χ3v) is 4.69. The van der Waals surface area contributed by atoms with Gasteiger partial charge in [0.2, 0.25) is 0 Å². The molecule has 2 aromatic carbocycles. The lowest BCUT2D eigenvalue weighted by atomic mass is 10.3. The van der Waals surface area contributed by atoms with E-state index in [1.54, 1.807) is 17.5 Å². The van der Waals surface area contributed by atoms with Gasteiger partial charge in [-0.2, -0.15) is 0 Å². The second-order valence-electron chi connectivity index (χ2n) is 5.26. The second kappa shape index (κ2) is 5.98. The van der Waals surface area contributed by atoms with Gasteiger partial charge >= 0.3 is 0 Å². The highest BCUT2D eigenvalue weighted by Gasteiger charge is 2.14. The number of benzene rings is 2. The summed E-state index contributed by atoms with van der Waals surface area (Å²) in [6.07, 6.45) is 1.78. The molecule has 0 saturated carbocycles. The van der Waals surface area contributed by atoms with Crippen molar-refractivity contribution in [3.05, 3.63) is 60.4 Å². The van der Waals surface area contributed by atoms with Crippen molar-refractivity contribution in [1.29, 1.82) is 0 Å². The highest BCUT2D eigenvalue weighted by molar-refractivity contribution is 7.23. The lowest BCUT2D eigenvalue weighted by Crippen LogP contribution is -2.12. The molecule has 0 aliphatic rings. The number of fused-ring (bicyclic) bond motifs is 3. The number of amides is 1. The number of imidazole rings is 1. The molecule has 0 bridgehead atoms. The van der Waals surface area contributed by atoms with Gasteiger partial charge in [-0.25, -0.2) is 4.98 Å². The summed E-state index contributed by atoms with van der Waals surface area (Å²) in [5.41, 5.74) is 2.18. The molecule has 4 aromatic rings. The Bertz CT molecular complexity index is 1020. The Morgan fingerprint density at radius 3 is 2.79 bits per heavy atom. The molecule has 2 heterocycles. The normalized spacial score (nSPS) is 11.0. The van der Waals surface area contributed by atoms with E-state index in [1.807, 2.05) is 59.9 Å². The van der Waals surface area contributed by atoms with Gasteiger partial charge in [-0.3, -0.25) is 9.20 Å². The molecule has 0 aliphatic carbocycles. The Balaban J connectivity index is 1.58. The van der Waals surface area contributed by atoms with Gasteiger partial charge in [-0.1, -0.05) is 23.5 Å². The van der Waals surface area contributed by atoms with E-state index in [9.17, 15) is 4.79 Å². The molecule has 0 radical (unpaired) electrons. The second-order valence-corrected chi connectivity index (χ2v) is 6.27. The van der Waals surface area contributed by atoms with Crippen LogP contribution in [0.4, 0.5) is 5.69 Å². The molecule has 0 saturated heterocycles. The third-order valence-electron chi connectivity index (χ3n) is 3.66. The maximum absolute atomic E-state index is 12.4. The molecule has 0 fully saturated rings. The van der Waals surface area contributed by atoms with Crippen molar-refractivity contribution in [1.82, 2.24) is 9.38 Å². The summed E-state index contributed by atoms with van der Waals surface area (Å²) in [5, 5.41) is 2.86. The molecule has 4 rings (SSSR count). The molecule has 2 aromatic heterocycles. The highest BCUT2D eigenvalue weighted by atomic mass is 32.1. The number of para-hydroxylation sites is 1. The molecule has 5 nitrogen and oxygen atoms in total. The van der Waals surface area contributed by atoms with Gasteiger partial charge < -0.3 is 10.1 Å². The summed E-state index contributed by atoms with van der Waals surface area (Å²) < 4.78 is 8.50. The summed E-state index contributed by atoms with van der Waals surface area (Å²) >= 11 is 1.57. The number of nitrogens with one attached hydrogen (secondary N) is 1. The van der Waals surface area contributed by atoms with Crippen LogP contribution in [0.2, 0.25) is 0 Å². The zero-order chi connectivity index (χ0) is 16.5. The van der Waals surface area contributed by atoms with Crippen LogP contribution < -0.4 is 10.1 Å². The molecule has 24 heavy (non-hydrogen) atoms. The first-order valence-corrected chi connectivity index (χ1v) is 8.47. The van der Waals surface area contributed by atoms with Gasteiger partial charge in [-0.05, 0) is 43.3 Å². The molecule has 6 heteroatoms. The molecular formula is C18H15N3O2S. The van der Waals surface area contributed by atoms with Gasteiger partial charge in [0.1, 0.15) is 11.4 Å². The fourth-order valence-electron chi connectivity index (χ4n) is 2.55. The SMILES string of the molecule is CCOc1ccc(NC(=O)c2cn3c(n2)sc2ccccc23)cc1. The summed E-state index contributed by atoms with van der Waals surface area (Å²) in [4.78, 5) is 17.7. The average Bonchev–Trinajstić information content (AvgIpc) is 3.15. The van der Waals surface area contributed by atoms with Crippen molar-refractivity contribution in [2.24, 2.45) is 0 Å². The van der Waals surface area contributed by atoms with Crippen molar-refractivity contribution in [3.8, 4) is 5.75 Å². The van der Waals surface area contributed by atoms with Gasteiger partial charge in [0, 0.05) is 11.9 Å². The van der Waals surface area contributed by atoms with E-state index in [0.29, 0.717) is 18.0 Å². The lowest BCUT2D eigenvalue weighted by Gasteiger charge is -2.05. The van der Waals surface area contributed by atoms with Crippen molar-refractivity contribution in [2.45, 2.75) is 6.92 Å². The summed E-state index contributed by atoms with van der Waals surface area (Å²) in [6.45, 7) is 2.55. The largest absolute Gasteiger partial charge is 0.494 e. The number of hydrogen-bond acceptors (Lipinski definition) is 4. The number of aromatic nitrogens is 2. The predicted molar refractivity (Wildman–Crippen MR) is 96.1 cm³/mol. The molecular weight excluding hydrogens is 322 g/mol. The Kier molecular flexibility index (Phi) is 3.66. The zero-order valence-electron chi connectivity index (χ0n) is 13.0. The molecule has 0 spiro atoms. The fraction of sp³-hybridized carbons (Fsp3) is 0.111. The fourth-order valence-corrected chi connectivity index (χ4v) is 3.56. The Hall–Kier alpha value is -2.86. The van der Waals surface area contributed by atoms with E-state index in [0.717, 1.165) is 20.9 Å². The minimum Gasteiger partial charge on any atom is -0.494 e. The maximum Gasteiger partial charge on any atom is 0.275 e. The van der Waals surface area contributed by atoms with E-state index < -0.39 is 0 Å². The summed E-state index contributed by atoms with van der Waals surface area (Å²) in [6, 6.07) is 15.3. The Morgan fingerprint density at radius 2 is 2.00 bits per heavy atom. The summed E-state index contributed by atoms with van der Waals surface area (Å²) in [5.74, 6) is 0.559. The number of anilines is 1. The van der Waals surface area contributed by atoms with Crippen LogP contribution in [0.3, 0.4) is 0 Å². The predicted octanol–water partition coefficient (Wildman–Crippen LogP) is 4.20. The topological polar surface area (TPSA) is 55.6 Å². The molecule has 1 amide bonds. The van der Waals surface area contributed by atoms with Gasteiger partial charge in [0.05, 0.1) is 16.8 Å². The minimum absolute atomic E-state index is 0.223. The van der Waals surface area contributed by atoms with Crippen molar-refractivity contribution in [3.63, 3.8) is 0 Å². The monoisotopic (exact) mass is 337 g/mol. The van der Waals surface area contributed by atoms with Crippen LogP contribution in [-0.2, 0) is 0 Å². The van der Waals surface area contributed by atoms with Crippen LogP contribution in [0, 0.1) is 0 Å². The Morgan fingerprint density at radius 1 is 1.21 bits per heavy atom. The molecule has 0 aliphatic heterocycles. The highest BCUT2D eigenvalue weighted by Crippen LogP contribution is 2.26. The summed E-state index contributed by atoms with van der Waals surface area (Å²) in [7, 11) is 0. The number of carbonyl (C=O) groups is 1. The maximum atomic E-state index is 12.4. The number of carbonyl (C=O) groups excluding carboxylic acids is 1. The minimum atomic E-state index is -0.223. The molecule has 1 N–H and O–H groups in total. The van der Waals surface area contributed by atoms with Crippen LogP contribution in [0.1, 0.15) is 17.4 Å². The first kappa shape index (κ1) is 14.7. The van der Waals surface area contributed by atoms with E-state index in [4.69, 9.17) is 4.74 Å². The van der Waals surface area contributed by atoms with E-state index in [2.05, 4.69) is 10.3 Å². The van der Waals surface area contributed by atoms with Crippen molar-refractivity contribution < 1.29 is 9.53 Å². The molecule has 120 valence electrons. The Labute approximate surface area is 142 Å². The number of hydrogen-bond donors (Lipinski definition) is 1. The average molecular weight is 337 g/mol. The van der Waals surface area contributed by atoms with Crippen LogP contribution in [-0.4, -0.2) is 21.9 Å². The molecule has 0 atom stereocenters. The number of thiazole rings is 1. The quantitative estimate of drug-likeness (QED) is 0.607. The molecule has 0 unspecified atom stereocenters. The third kappa shape index (κ3) is 2.61. The smallest absolute Gasteiger partial charge is 0.275 e. The van der Waals surface area contributed by atoms with Gasteiger partial charge in [-0.15, -0.1) is 0 Å². The van der Waals surface area contributed by atoms with Crippen LogP contribution in [0.5, 0.6) is 5.75 Å². The zero-order valence-corrected chi connectivity index (χ0v) is 13.8. The van der Waals surface area contributed by atoms with E-state index in [1.165, 1.54) is 0 Å². The van der Waals surface area contributed by atoms with Crippen LogP contribution >= 0.6 is 11.3 Å². The van der Waals surface area contributed by atoms with Crippen LogP contribution in [0.15, 0.2) is 54.7 Å². The number of ether oxygens (including phenoxy) is 1. The first-order valence-electron chi connectivity index (χ1n) is 7.65. The standard InChI is InChI=1S/C18H15N3O2S/c1-2-23-13-9-7-12(8-10-13)19-17(22)14-11-21-15-5-3-4-6-16(15)24-18(21)20-14/h3-11H,2H2,1H3,(H,19,22). The van der Waals surface area contributed by atoms with Gasteiger partial charge in [0.25, 0.3) is 5.91 Å². The first-order chi connectivity index (χ1) is 11.7.